The first-order chi connectivity index (χ1) is 30.5. The van der Waals surface area contributed by atoms with Crippen molar-refractivity contribution < 1.29 is 28.4 Å². The summed E-state index contributed by atoms with van der Waals surface area (Å²) in [6.45, 7) is 17.8. The Morgan fingerprint density at radius 2 is 0.810 bits per heavy atom. The molecule has 0 spiro atoms. The number of methoxy groups -OCH3 is 4. The quantitative estimate of drug-likeness (QED) is 0.0586. The van der Waals surface area contributed by atoms with Gasteiger partial charge in [0, 0.05) is 5.41 Å². The number of ether oxygens (including phenoxy) is 6. The van der Waals surface area contributed by atoms with Gasteiger partial charge in [0.1, 0.15) is 0 Å². The summed E-state index contributed by atoms with van der Waals surface area (Å²) in [5.74, 6) is 5.22. The lowest BCUT2D eigenvalue weighted by Crippen LogP contribution is -2.31. The predicted molar refractivity (Wildman–Crippen MR) is 266 cm³/mol. The molecule has 0 heterocycles. The van der Waals surface area contributed by atoms with E-state index in [1.807, 2.05) is 24.3 Å². The van der Waals surface area contributed by atoms with Gasteiger partial charge in [-0.3, -0.25) is 0 Å². The highest BCUT2D eigenvalue weighted by Gasteiger charge is 2.45. The van der Waals surface area contributed by atoms with Gasteiger partial charge in [0.2, 0.25) is 11.5 Å². The Bertz CT molecular complexity index is 1930. The van der Waals surface area contributed by atoms with Crippen molar-refractivity contribution in [3.63, 3.8) is 0 Å². The summed E-state index contributed by atoms with van der Waals surface area (Å²) in [7, 11) is 6.76. The van der Waals surface area contributed by atoms with Crippen molar-refractivity contribution in [1.82, 2.24) is 0 Å². The molecule has 4 atom stereocenters. The topological polar surface area (TPSA) is 55.4 Å². The molecule has 1 aliphatic carbocycles. The smallest absolute Gasteiger partial charge is 0.203 e. The highest BCUT2D eigenvalue weighted by molar-refractivity contribution is 5.85. The van der Waals surface area contributed by atoms with Crippen LogP contribution in [-0.2, 0) is 5.41 Å². The van der Waals surface area contributed by atoms with Crippen molar-refractivity contribution in [3.05, 3.63) is 94.0 Å². The Morgan fingerprint density at radius 1 is 0.460 bits per heavy atom. The fraction of sp³-hybridized carbons (Fsp3) is 0.509. The molecule has 0 N–H and O–H groups in total. The molecule has 0 aliphatic heterocycles. The fourth-order valence-electron chi connectivity index (χ4n) is 9.31. The van der Waals surface area contributed by atoms with Crippen molar-refractivity contribution in [2.75, 3.05) is 28.4 Å². The number of fused-ring (bicyclic) bond motifs is 3. The number of unbranched alkanes of at least 4 members (excludes halogenated alkanes) is 2. The predicted octanol–water partition coefficient (Wildman–Crippen LogP) is 15.9. The molecule has 1 aliphatic rings. The van der Waals surface area contributed by atoms with E-state index in [1.54, 1.807) is 28.4 Å². The van der Waals surface area contributed by atoms with Gasteiger partial charge in [-0.1, -0.05) is 154 Å². The first kappa shape index (κ1) is 49.2. The summed E-state index contributed by atoms with van der Waals surface area (Å²) < 4.78 is 35.8. The summed E-state index contributed by atoms with van der Waals surface area (Å²) in [5, 5.41) is 0. The van der Waals surface area contributed by atoms with E-state index in [9.17, 15) is 0 Å². The van der Waals surface area contributed by atoms with Crippen molar-refractivity contribution >= 4 is 24.3 Å². The van der Waals surface area contributed by atoms with Crippen molar-refractivity contribution in [3.8, 4) is 45.6 Å². The van der Waals surface area contributed by atoms with Crippen LogP contribution in [0.3, 0.4) is 0 Å². The lowest BCUT2D eigenvalue weighted by atomic mass is 9.65. The van der Waals surface area contributed by atoms with Crippen LogP contribution >= 0.6 is 0 Å². The maximum atomic E-state index is 6.25. The molecule has 0 saturated carbocycles. The van der Waals surface area contributed by atoms with Crippen LogP contribution in [0, 0.1) is 11.8 Å². The zero-order valence-electron chi connectivity index (χ0n) is 40.8. The molecule has 5 rings (SSSR count). The van der Waals surface area contributed by atoms with Gasteiger partial charge >= 0.3 is 0 Å². The van der Waals surface area contributed by atoms with Gasteiger partial charge in [0.05, 0.1) is 40.6 Å². The van der Waals surface area contributed by atoms with Gasteiger partial charge in [-0.05, 0) is 120 Å². The molecule has 0 radical (unpaired) electrons. The van der Waals surface area contributed by atoms with E-state index >= 15 is 0 Å². The Morgan fingerprint density at radius 3 is 1.11 bits per heavy atom. The lowest BCUT2D eigenvalue weighted by molar-refractivity contribution is 0.198. The Hall–Kier alpha value is -4.84. The Labute approximate surface area is 381 Å². The van der Waals surface area contributed by atoms with E-state index in [-0.39, 0.29) is 17.6 Å². The van der Waals surface area contributed by atoms with Gasteiger partial charge in [-0.25, -0.2) is 0 Å². The SMILES string of the molecule is CCCCC(CC)CC1(CC(CC)CCCC)c2cc(/C=C/c3cc(OC)c(OC(C)CC)c(OC)c3)ccc2-c2ccc(/C=C/c3cc(OC)c(OC(C)CC)c(OC)c3)cc21. The number of hydrogen-bond donors (Lipinski definition) is 0. The number of hydrogen-bond acceptors (Lipinski definition) is 6. The summed E-state index contributed by atoms with van der Waals surface area (Å²) in [6.07, 6.45) is 22.8. The standard InChI is InChI=1S/C57H78O6/c1-13-19-21-41(17-5)37-57(38-42(18-6)22-20-14-2)49-31-43(23-25-45-33-51(58-9)55(52(34-45)59-10)62-39(7)15-3)27-29-47(49)48-30-28-44(32-50(48)57)24-26-46-35-53(60-11)56(54(36-46)61-12)63-40(8)16-4/h23-36,39-42H,13-22,37-38H2,1-12H3/b25-23+,26-24+. The van der Waals surface area contributed by atoms with Gasteiger partial charge in [-0.2, -0.15) is 0 Å². The summed E-state index contributed by atoms with van der Waals surface area (Å²) >= 11 is 0. The van der Waals surface area contributed by atoms with Crippen LogP contribution in [0.5, 0.6) is 34.5 Å². The van der Waals surface area contributed by atoms with Crippen LogP contribution in [0.2, 0.25) is 0 Å². The molecule has 0 fully saturated rings. The molecule has 4 aromatic rings. The third-order valence-corrected chi connectivity index (χ3v) is 13.5. The third-order valence-electron chi connectivity index (χ3n) is 13.5. The maximum Gasteiger partial charge on any atom is 0.203 e. The molecule has 63 heavy (non-hydrogen) atoms. The van der Waals surface area contributed by atoms with Crippen LogP contribution in [0.25, 0.3) is 35.4 Å². The molecule has 6 heteroatoms. The molecule has 0 aromatic heterocycles. The summed E-state index contributed by atoms with van der Waals surface area (Å²) in [5.41, 5.74) is 9.95. The molecule has 4 aromatic carbocycles. The first-order valence-corrected chi connectivity index (χ1v) is 24.1. The van der Waals surface area contributed by atoms with Crippen molar-refractivity contribution in [1.29, 1.82) is 0 Å². The Balaban J connectivity index is 1.65. The van der Waals surface area contributed by atoms with Gasteiger partial charge in [0.15, 0.2) is 23.0 Å². The second kappa shape index (κ2) is 23.7. The highest BCUT2D eigenvalue weighted by atomic mass is 16.5. The molecule has 0 bridgehead atoms. The average Bonchev–Trinajstić information content (AvgIpc) is 3.57. The zero-order chi connectivity index (χ0) is 45.5. The largest absolute Gasteiger partial charge is 0.493 e. The van der Waals surface area contributed by atoms with E-state index in [4.69, 9.17) is 28.4 Å². The maximum absolute atomic E-state index is 6.25. The monoisotopic (exact) mass is 859 g/mol. The van der Waals surface area contributed by atoms with E-state index < -0.39 is 0 Å². The van der Waals surface area contributed by atoms with Crippen molar-refractivity contribution in [2.45, 2.75) is 150 Å². The van der Waals surface area contributed by atoms with E-state index in [0.717, 1.165) is 36.8 Å². The van der Waals surface area contributed by atoms with Crippen LogP contribution < -0.4 is 28.4 Å². The molecule has 6 nitrogen and oxygen atoms in total. The lowest BCUT2D eigenvalue weighted by Gasteiger charge is -2.39. The average molecular weight is 859 g/mol. The fourth-order valence-corrected chi connectivity index (χ4v) is 9.31. The molecule has 0 amide bonds. The van der Waals surface area contributed by atoms with Crippen LogP contribution in [0.1, 0.15) is 166 Å². The molecular formula is C57H78O6. The van der Waals surface area contributed by atoms with Crippen molar-refractivity contribution in [2.24, 2.45) is 11.8 Å². The Kier molecular flexibility index (Phi) is 18.5. The normalized spacial score (nSPS) is 16.4. The second-order valence-electron chi connectivity index (χ2n) is 17.8. The van der Waals surface area contributed by atoms with E-state index in [0.29, 0.717) is 46.3 Å². The van der Waals surface area contributed by atoms with Crippen LogP contribution in [0.4, 0.5) is 0 Å². The summed E-state index contributed by atoms with van der Waals surface area (Å²) in [6, 6.07) is 22.5. The van der Waals surface area contributed by atoms with Gasteiger partial charge in [-0.15, -0.1) is 0 Å². The van der Waals surface area contributed by atoms with Gasteiger partial charge < -0.3 is 28.4 Å². The van der Waals surface area contributed by atoms with Gasteiger partial charge in [0.25, 0.3) is 0 Å². The zero-order valence-corrected chi connectivity index (χ0v) is 40.8. The highest BCUT2D eigenvalue weighted by Crippen LogP contribution is 2.57. The summed E-state index contributed by atoms with van der Waals surface area (Å²) in [4.78, 5) is 0. The minimum atomic E-state index is -0.121. The number of rotatable bonds is 26. The number of benzene rings is 4. The minimum Gasteiger partial charge on any atom is -0.493 e. The van der Waals surface area contributed by atoms with E-state index in [2.05, 4.69) is 116 Å². The van der Waals surface area contributed by atoms with Crippen LogP contribution in [0.15, 0.2) is 60.7 Å². The van der Waals surface area contributed by atoms with E-state index in [1.165, 1.54) is 84.7 Å². The first-order valence-electron chi connectivity index (χ1n) is 24.1. The molecule has 342 valence electrons. The third kappa shape index (κ3) is 11.8. The van der Waals surface area contributed by atoms with Crippen LogP contribution in [-0.4, -0.2) is 40.6 Å². The molecule has 4 unspecified atom stereocenters. The molecule has 0 saturated heterocycles. The minimum absolute atomic E-state index is 0.0426. The second-order valence-corrected chi connectivity index (χ2v) is 17.8. The molecular weight excluding hydrogens is 781 g/mol.